The van der Waals surface area contributed by atoms with Gasteiger partial charge in [0, 0.05) is 60.1 Å². The normalized spacial score (nSPS) is 13.9. The van der Waals surface area contributed by atoms with Crippen LogP contribution in [-0.4, -0.2) is 4.57 Å². The lowest BCUT2D eigenvalue weighted by molar-refractivity contribution is 0.719. The Morgan fingerprint density at radius 2 is 0.667 bits per heavy atom. The molecule has 0 unspecified atom stereocenters. The Balaban J connectivity index is 0.975. The Hall–Kier alpha value is -10.4. The summed E-state index contributed by atoms with van der Waals surface area (Å²) in [5.41, 5.74) is 27.0. The zero-order valence-corrected chi connectivity index (χ0v) is 46.5. The third-order valence-electron chi connectivity index (χ3n) is 18.6. The maximum absolute atomic E-state index is 2.55. The molecule has 2 spiro atoms. The number of fused-ring (bicyclic) bond motifs is 23. The summed E-state index contributed by atoms with van der Waals surface area (Å²) < 4.78 is 2.41. The van der Waals surface area contributed by atoms with Gasteiger partial charge in [-0.3, -0.25) is 0 Å². The van der Waals surface area contributed by atoms with Gasteiger partial charge in [-0.05, 0) is 152 Å². The minimum absolute atomic E-state index is 0.620. The smallest absolute Gasteiger partial charge is 0.0736 e. The van der Waals surface area contributed by atoms with E-state index in [1.807, 2.05) is 11.8 Å². The zero-order chi connectivity index (χ0) is 55.1. The van der Waals surface area contributed by atoms with Crippen LogP contribution in [0.1, 0.15) is 44.5 Å². The van der Waals surface area contributed by atoms with Gasteiger partial charge in [0.05, 0.1) is 33.2 Å². The first-order valence-electron chi connectivity index (χ1n) is 29.1. The fourth-order valence-corrected chi connectivity index (χ4v) is 17.0. The number of rotatable bonds is 7. The van der Waals surface area contributed by atoms with Gasteiger partial charge in [0.2, 0.25) is 0 Å². The van der Waals surface area contributed by atoms with Crippen LogP contribution in [0.3, 0.4) is 0 Å². The molecule has 3 aliphatic carbocycles. The molecule has 2 heterocycles. The van der Waals surface area contributed by atoms with Crippen molar-refractivity contribution in [2.24, 2.45) is 0 Å². The molecule has 4 heteroatoms. The number of para-hydroxylation sites is 5. The standard InChI is InChI=1S/C80H51N3S/c1-5-25-52(26-6-1)81(53-27-7-2-8-28-53)73-45-23-42-67-75(73)76-68(79(67)63-38-18-13-33-57(63)58-34-14-19-39-64(58)79)48-49-70-78(76)84-77-69(80(70)65-40-20-15-35-59(65)60-36-16-21-41-66(60)80)43-24-46-74(77)82(54-29-9-3-10-30-54)56-47-50-72-62(51-56)61-37-17-22-44-71(61)83(72)55-31-11-4-12-32-55/h1-51H. The highest BCUT2D eigenvalue weighted by atomic mass is 32.2. The molecular formula is C80H51N3S. The number of hydrogen-bond acceptors (Lipinski definition) is 3. The van der Waals surface area contributed by atoms with Gasteiger partial charge in [0.15, 0.2) is 0 Å². The third kappa shape index (κ3) is 6.27. The summed E-state index contributed by atoms with van der Waals surface area (Å²) in [7, 11) is 0. The van der Waals surface area contributed by atoms with E-state index >= 15 is 0 Å². The third-order valence-corrected chi connectivity index (χ3v) is 19.9. The first-order valence-corrected chi connectivity index (χ1v) is 29.9. The summed E-state index contributed by atoms with van der Waals surface area (Å²) in [6, 6.07) is 116. The van der Waals surface area contributed by atoms with Gasteiger partial charge in [-0.15, -0.1) is 0 Å². The molecule has 13 aromatic carbocycles. The second-order valence-corrected chi connectivity index (χ2v) is 23.6. The van der Waals surface area contributed by atoms with E-state index in [1.165, 1.54) is 109 Å². The number of hydrogen-bond donors (Lipinski definition) is 0. The van der Waals surface area contributed by atoms with E-state index in [9.17, 15) is 0 Å². The Bertz CT molecular complexity index is 4880. The van der Waals surface area contributed by atoms with E-state index in [0.29, 0.717) is 0 Å². The van der Waals surface area contributed by atoms with Crippen molar-refractivity contribution in [2.75, 3.05) is 9.80 Å². The average Bonchev–Trinajstić information content (AvgIpc) is 1.56. The minimum Gasteiger partial charge on any atom is -0.310 e. The summed E-state index contributed by atoms with van der Waals surface area (Å²) in [4.78, 5) is 7.54. The van der Waals surface area contributed by atoms with E-state index in [2.05, 4.69) is 324 Å². The van der Waals surface area contributed by atoms with Gasteiger partial charge in [-0.2, -0.15) is 0 Å². The molecule has 0 radical (unpaired) electrons. The summed E-state index contributed by atoms with van der Waals surface area (Å²) in [5.74, 6) is 0. The Morgan fingerprint density at radius 3 is 1.24 bits per heavy atom. The van der Waals surface area contributed by atoms with E-state index in [1.54, 1.807) is 0 Å². The first-order chi connectivity index (χ1) is 41.7. The molecular weight excluding hydrogens is 1030 g/mol. The highest BCUT2D eigenvalue weighted by molar-refractivity contribution is 7.99. The first kappa shape index (κ1) is 47.3. The molecule has 392 valence electrons. The van der Waals surface area contributed by atoms with Gasteiger partial charge in [0.25, 0.3) is 0 Å². The molecule has 0 saturated carbocycles. The van der Waals surface area contributed by atoms with Crippen LogP contribution in [0.5, 0.6) is 0 Å². The molecule has 4 aliphatic rings. The minimum atomic E-state index is -0.696. The lowest BCUT2D eigenvalue weighted by atomic mass is 9.66. The highest BCUT2D eigenvalue weighted by Gasteiger charge is 2.57. The van der Waals surface area contributed by atoms with Crippen molar-refractivity contribution in [3.05, 3.63) is 354 Å². The van der Waals surface area contributed by atoms with Crippen LogP contribution >= 0.6 is 11.8 Å². The molecule has 14 aromatic rings. The molecule has 0 amide bonds. The summed E-state index contributed by atoms with van der Waals surface area (Å²) in [6.45, 7) is 0. The van der Waals surface area contributed by atoms with Crippen molar-refractivity contribution in [3.8, 4) is 39.1 Å². The van der Waals surface area contributed by atoms with Crippen LogP contribution < -0.4 is 9.80 Å². The second-order valence-electron chi connectivity index (χ2n) is 22.6. The molecule has 84 heavy (non-hydrogen) atoms. The molecule has 1 aliphatic heterocycles. The van der Waals surface area contributed by atoms with Gasteiger partial charge >= 0.3 is 0 Å². The van der Waals surface area contributed by atoms with Crippen molar-refractivity contribution in [2.45, 2.75) is 20.6 Å². The van der Waals surface area contributed by atoms with E-state index in [0.717, 1.165) is 39.8 Å². The van der Waals surface area contributed by atoms with Gasteiger partial charge in [0.1, 0.15) is 0 Å². The number of benzene rings is 13. The largest absolute Gasteiger partial charge is 0.310 e. The zero-order valence-electron chi connectivity index (χ0n) is 45.7. The highest BCUT2D eigenvalue weighted by Crippen LogP contribution is 2.71. The van der Waals surface area contributed by atoms with Crippen molar-refractivity contribution < 1.29 is 0 Å². The van der Waals surface area contributed by atoms with E-state index in [-0.39, 0.29) is 0 Å². The van der Waals surface area contributed by atoms with Crippen molar-refractivity contribution in [1.82, 2.24) is 4.57 Å². The predicted octanol–water partition coefficient (Wildman–Crippen LogP) is 20.9. The van der Waals surface area contributed by atoms with E-state index < -0.39 is 10.8 Å². The molecule has 18 rings (SSSR count). The topological polar surface area (TPSA) is 11.4 Å². The maximum atomic E-state index is 2.55. The van der Waals surface area contributed by atoms with Crippen LogP contribution in [0.2, 0.25) is 0 Å². The lowest BCUT2D eigenvalue weighted by Gasteiger charge is -2.42. The Morgan fingerprint density at radius 1 is 0.262 bits per heavy atom. The summed E-state index contributed by atoms with van der Waals surface area (Å²) in [6.07, 6.45) is 0. The molecule has 1 aromatic heterocycles. The fraction of sp³-hybridized carbons (Fsp3) is 0.0250. The lowest BCUT2D eigenvalue weighted by Crippen LogP contribution is -2.33. The van der Waals surface area contributed by atoms with Gasteiger partial charge < -0.3 is 14.4 Å². The Labute approximate surface area is 492 Å². The SMILES string of the molecule is c1ccc(N(c2ccc3c(c2)c2ccccc2n3-c2ccccc2)c2cccc3c2Sc2c(ccc4c2-c2c(N(c5ccccc5)c5ccccc5)cccc2C42c4ccccc4-c4ccccc42)C32c3ccccc3-c3ccccc32)cc1. The molecule has 0 bridgehead atoms. The van der Waals surface area contributed by atoms with Crippen molar-refractivity contribution in [3.63, 3.8) is 0 Å². The quantitative estimate of drug-likeness (QED) is 0.158. The average molecular weight is 1090 g/mol. The molecule has 0 atom stereocenters. The Kier molecular flexibility index (Phi) is 10.2. The predicted molar refractivity (Wildman–Crippen MR) is 348 cm³/mol. The second kappa shape index (κ2) is 18.1. The number of nitrogens with zero attached hydrogens (tertiary/aromatic N) is 3. The van der Waals surface area contributed by atoms with Gasteiger partial charge in [-0.25, -0.2) is 0 Å². The summed E-state index contributed by atoms with van der Waals surface area (Å²) >= 11 is 1.97. The monoisotopic (exact) mass is 1090 g/mol. The van der Waals surface area contributed by atoms with Crippen molar-refractivity contribution in [1.29, 1.82) is 0 Å². The van der Waals surface area contributed by atoms with Crippen molar-refractivity contribution >= 4 is 67.7 Å². The van der Waals surface area contributed by atoms with Crippen LogP contribution in [0.15, 0.2) is 319 Å². The van der Waals surface area contributed by atoms with E-state index in [4.69, 9.17) is 0 Å². The number of anilines is 6. The molecule has 0 fully saturated rings. The molecule has 0 saturated heterocycles. The molecule has 0 N–H and O–H groups in total. The van der Waals surface area contributed by atoms with Crippen LogP contribution in [0.4, 0.5) is 34.1 Å². The van der Waals surface area contributed by atoms with Crippen LogP contribution in [-0.2, 0) is 10.8 Å². The maximum Gasteiger partial charge on any atom is 0.0736 e. The summed E-state index contributed by atoms with van der Waals surface area (Å²) in [5, 5.41) is 2.42. The fourth-order valence-electron chi connectivity index (χ4n) is 15.5. The van der Waals surface area contributed by atoms with Gasteiger partial charge in [-0.1, -0.05) is 236 Å². The van der Waals surface area contributed by atoms with Crippen LogP contribution in [0.25, 0.3) is 60.9 Å². The number of aromatic nitrogens is 1. The molecule has 3 nitrogen and oxygen atoms in total. The van der Waals surface area contributed by atoms with Crippen LogP contribution in [0, 0.1) is 0 Å².